The van der Waals surface area contributed by atoms with Crippen molar-refractivity contribution in [2.45, 2.75) is 19.1 Å². The first kappa shape index (κ1) is 15.4. The molecule has 8 heteroatoms. The molecule has 0 fully saturated rings. The van der Waals surface area contributed by atoms with E-state index in [4.69, 9.17) is 0 Å². The number of rotatable bonds is 3. The van der Waals surface area contributed by atoms with Gasteiger partial charge in [-0.1, -0.05) is 33.3 Å². The molecule has 2 aromatic rings. The summed E-state index contributed by atoms with van der Waals surface area (Å²) in [5, 5.41) is 12.2. The molecule has 0 radical (unpaired) electrons. The van der Waals surface area contributed by atoms with Crippen LogP contribution in [-0.4, -0.2) is 17.2 Å². The molecule has 0 bridgehead atoms. The van der Waals surface area contributed by atoms with Crippen LogP contribution in [0.3, 0.4) is 0 Å². The van der Waals surface area contributed by atoms with E-state index in [0.717, 1.165) is 11.1 Å². The molecule has 0 saturated carbocycles. The Morgan fingerprint density at radius 2 is 2.00 bits per heavy atom. The Balaban J connectivity index is 2.41. The monoisotopic (exact) mass is 365 g/mol. The molecule has 0 aliphatic rings. The van der Waals surface area contributed by atoms with E-state index in [-0.39, 0.29) is 10.5 Å². The van der Waals surface area contributed by atoms with E-state index in [9.17, 15) is 13.2 Å². The Bertz CT molecular complexity index is 612. The largest absolute Gasteiger partial charge is 0.417 e. The molecule has 1 heterocycles. The van der Waals surface area contributed by atoms with Gasteiger partial charge in [-0.15, -0.1) is 10.2 Å². The predicted molar refractivity (Wildman–Crippen MR) is 75.5 cm³/mol. The van der Waals surface area contributed by atoms with Crippen LogP contribution in [0, 0.1) is 0 Å². The van der Waals surface area contributed by atoms with Gasteiger partial charge in [0.05, 0.1) is 11.6 Å². The van der Waals surface area contributed by atoms with Crippen LogP contribution in [0.4, 0.5) is 13.2 Å². The Kier molecular flexibility index (Phi) is 4.46. The molecule has 1 unspecified atom stereocenters. The standard InChI is InChI=1S/C12H11BrF3N3S/c1-6(17-2)10-18-19-11(20-10)7-3-4-9(13)8(5-7)12(14,15)16/h3-6,17H,1-2H3. The zero-order valence-electron chi connectivity index (χ0n) is 10.6. The fraction of sp³-hybridized carbons (Fsp3) is 0.333. The third-order valence-electron chi connectivity index (χ3n) is 2.76. The first-order chi connectivity index (χ1) is 9.32. The Labute approximate surface area is 126 Å². The van der Waals surface area contributed by atoms with Crippen LogP contribution < -0.4 is 5.32 Å². The molecule has 3 nitrogen and oxygen atoms in total. The molecule has 108 valence electrons. The lowest BCUT2D eigenvalue weighted by Crippen LogP contribution is -2.11. The van der Waals surface area contributed by atoms with Gasteiger partial charge in [0, 0.05) is 10.0 Å². The van der Waals surface area contributed by atoms with E-state index in [1.165, 1.54) is 17.4 Å². The number of alkyl halides is 3. The first-order valence-corrected chi connectivity index (χ1v) is 7.31. The van der Waals surface area contributed by atoms with Crippen LogP contribution in [0.25, 0.3) is 10.6 Å². The zero-order chi connectivity index (χ0) is 14.9. The molecule has 0 amide bonds. The minimum atomic E-state index is -4.40. The molecular weight excluding hydrogens is 355 g/mol. The van der Waals surface area contributed by atoms with E-state index >= 15 is 0 Å². The van der Waals surface area contributed by atoms with Gasteiger partial charge in [-0.3, -0.25) is 0 Å². The number of hydrogen-bond donors (Lipinski definition) is 1. The molecule has 20 heavy (non-hydrogen) atoms. The Hall–Kier alpha value is -0.990. The van der Waals surface area contributed by atoms with E-state index in [1.54, 1.807) is 13.1 Å². The fourth-order valence-corrected chi connectivity index (χ4v) is 2.90. The van der Waals surface area contributed by atoms with Crippen molar-refractivity contribution < 1.29 is 13.2 Å². The van der Waals surface area contributed by atoms with Gasteiger partial charge in [0.2, 0.25) is 0 Å². The molecule has 1 aromatic carbocycles. The third-order valence-corrected chi connectivity index (χ3v) is 4.61. The third kappa shape index (κ3) is 3.18. The highest BCUT2D eigenvalue weighted by molar-refractivity contribution is 9.10. The number of hydrogen-bond acceptors (Lipinski definition) is 4. The second kappa shape index (κ2) is 5.79. The summed E-state index contributed by atoms with van der Waals surface area (Å²) in [4.78, 5) is 0. The van der Waals surface area contributed by atoms with Crippen molar-refractivity contribution in [3.05, 3.63) is 33.2 Å². The minimum Gasteiger partial charge on any atom is -0.311 e. The van der Waals surface area contributed by atoms with E-state index in [1.807, 2.05) is 6.92 Å². The second-order valence-electron chi connectivity index (χ2n) is 4.15. The van der Waals surface area contributed by atoms with Crippen molar-refractivity contribution >= 4 is 27.3 Å². The summed E-state index contributed by atoms with van der Waals surface area (Å²) in [5.41, 5.74) is -0.305. The topological polar surface area (TPSA) is 37.8 Å². The van der Waals surface area contributed by atoms with Crippen molar-refractivity contribution in [1.82, 2.24) is 15.5 Å². The summed E-state index contributed by atoms with van der Waals surface area (Å²) in [6.07, 6.45) is -4.40. The van der Waals surface area contributed by atoms with Crippen LogP contribution in [0.5, 0.6) is 0 Å². The lowest BCUT2D eigenvalue weighted by atomic mass is 10.1. The maximum absolute atomic E-state index is 12.9. The molecule has 1 aromatic heterocycles. The smallest absolute Gasteiger partial charge is 0.311 e. The van der Waals surface area contributed by atoms with E-state index in [2.05, 4.69) is 31.4 Å². The molecule has 1 atom stereocenters. The highest BCUT2D eigenvalue weighted by atomic mass is 79.9. The van der Waals surface area contributed by atoms with E-state index in [0.29, 0.717) is 10.6 Å². The summed E-state index contributed by atoms with van der Waals surface area (Å²) in [5.74, 6) is 0. The van der Waals surface area contributed by atoms with Crippen molar-refractivity contribution in [3.8, 4) is 10.6 Å². The maximum Gasteiger partial charge on any atom is 0.417 e. The van der Waals surface area contributed by atoms with E-state index < -0.39 is 11.7 Å². The minimum absolute atomic E-state index is 0.0128. The average molecular weight is 366 g/mol. The highest BCUT2D eigenvalue weighted by Gasteiger charge is 2.33. The molecule has 1 N–H and O–H groups in total. The maximum atomic E-state index is 12.9. The summed E-state index contributed by atoms with van der Waals surface area (Å²) in [6.45, 7) is 1.91. The van der Waals surface area contributed by atoms with Crippen LogP contribution in [-0.2, 0) is 6.18 Å². The summed E-state index contributed by atoms with van der Waals surface area (Å²) in [7, 11) is 1.78. The lowest BCUT2D eigenvalue weighted by Gasteiger charge is -2.09. The molecule has 2 rings (SSSR count). The van der Waals surface area contributed by atoms with Crippen LogP contribution in [0.15, 0.2) is 22.7 Å². The van der Waals surface area contributed by atoms with Crippen molar-refractivity contribution in [3.63, 3.8) is 0 Å². The number of aromatic nitrogens is 2. The number of benzene rings is 1. The molecule has 0 aliphatic heterocycles. The van der Waals surface area contributed by atoms with Gasteiger partial charge in [-0.2, -0.15) is 13.2 Å². The Morgan fingerprint density at radius 3 is 2.60 bits per heavy atom. The molecule has 0 saturated heterocycles. The Morgan fingerprint density at radius 1 is 1.30 bits per heavy atom. The highest BCUT2D eigenvalue weighted by Crippen LogP contribution is 2.38. The summed E-state index contributed by atoms with van der Waals surface area (Å²) < 4.78 is 38.6. The molecule has 0 aliphatic carbocycles. The van der Waals surface area contributed by atoms with Crippen molar-refractivity contribution in [2.75, 3.05) is 7.05 Å². The quantitative estimate of drug-likeness (QED) is 0.882. The van der Waals surface area contributed by atoms with Gasteiger partial charge in [0.15, 0.2) is 0 Å². The van der Waals surface area contributed by atoms with Crippen molar-refractivity contribution in [2.24, 2.45) is 0 Å². The number of nitrogens with zero attached hydrogens (tertiary/aromatic N) is 2. The van der Waals surface area contributed by atoms with Crippen molar-refractivity contribution in [1.29, 1.82) is 0 Å². The van der Waals surface area contributed by atoms with Gasteiger partial charge in [0.1, 0.15) is 10.0 Å². The molecule has 0 spiro atoms. The van der Waals surface area contributed by atoms with Gasteiger partial charge >= 0.3 is 6.18 Å². The SMILES string of the molecule is CNC(C)c1nnc(-c2ccc(Br)c(C(F)(F)F)c2)s1. The van der Waals surface area contributed by atoms with Crippen LogP contribution in [0.2, 0.25) is 0 Å². The van der Waals surface area contributed by atoms with Gasteiger partial charge in [-0.25, -0.2) is 0 Å². The van der Waals surface area contributed by atoms with Gasteiger partial charge in [-0.05, 0) is 26.1 Å². The summed E-state index contributed by atoms with van der Waals surface area (Å²) in [6, 6.07) is 4.06. The van der Waals surface area contributed by atoms with Crippen LogP contribution in [0.1, 0.15) is 23.5 Å². The number of nitrogens with one attached hydrogen (secondary N) is 1. The average Bonchev–Trinajstić information content (AvgIpc) is 2.86. The zero-order valence-corrected chi connectivity index (χ0v) is 13.0. The molecular formula is C12H11BrF3N3S. The normalized spacial score (nSPS) is 13.5. The summed E-state index contributed by atoms with van der Waals surface area (Å²) >= 11 is 4.19. The number of halogens is 4. The lowest BCUT2D eigenvalue weighted by molar-refractivity contribution is -0.138. The fourth-order valence-electron chi connectivity index (χ4n) is 1.53. The van der Waals surface area contributed by atoms with Gasteiger partial charge < -0.3 is 5.32 Å². The second-order valence-corrected chi connectivity index (χ2v) is 6.01. The van der Waals surface area contributed by atoms with Crippen LogP contribution >= 0.6 is 27.3 Å². The first-order valence-electron chi connectivity index (χ1n) is 5.70. The van der Waals surface area contributed by atoms with Gasteiger partial charge in [0.25, 0.3) is 0 Å². The predicted octanol–water partition coefficient (Wildman–Crippen LogP) is 4.27.